The maximum atomic E-state index is 13.0. The molecule has 3 rings (SSSR count). The van der Waals surface area contributed by atoms with Crippen LogP contribution in [0.1, 0.15) is 10.5 Å². The highest BCUT2D eigenvalue weighted by Gasteiger charge is 2.10. The van der Waals surface area contributed by atoms with Crippen molar-refractivity contribution in [2.24, 2.45) is 5.73 Å². The third-order valence-corrected chi connectivity index (χ3v) is 3.12. The highest BCUT2D eigenvalue weighted by Crippen LogP contribution is 2.28. The molecule has 2 aromatic carbocycles. The first-order valence-electron chi connectivity index (χ1n) is 6.11. The van der Waals surface area contributed by atoms with E-state index in [0.29, 0.717) is 5.52 Å². The molecule has 0 aliphatic rings. The number of carbonyl (C=O) groups is 1. The van der Waals surface area contributed by atoms with Gasteiger partial charge in [0.25, 0.3) is 5.91 Å². The summed E-state index contributed by atoms with van der Waals surface area (Å²) in [7, 11) is 0. The van der Waals surface area contributed by atoms with E-state index in [4.69, 9.17) is 5.73 Å². The third-order valence-electron chi connectivity index (χ3n) is 3.12. The number of hydrogen-bond donors (Lipinski definition) is 1. The number of carbonyl (C=O) groups excluding carboxylic acids is 1. The van der Waals surface area contributed by atoms with Crippen molar-refractivity contribution < 1.29 is 9.18 Å². The molecule has 0 spiro atoms. The predicted octanol–water partition coefficient (Wildman–Crippen LogP) is 3.14. The van der Waals surface area contributed by atoms with Crippen LogP contribution in [0.4, 0.5) is 4.39 Å². The Morgan fingerprint density at radius 1 is 1.05 bits per heavy atom. The number of halogens is 1. The summed E-state index contributed by atoms with van der Waals surface area (Å²) in [6.07, 6.45) is 0. The molecule has 1 amide bonds. The number of primary amides is 1. The normalized spacial score (nSPS) is 10.7. The summed E-state index contributed by atoms with van der Waals surface area (Å²) in [5.41, 5.74) is 7.82. The van der Waals surface area contributed by atoms with Gasteiger partial charge in [0.15, 0.2) is 0 Å². The van der Waals surface area contributed by atoms with E-state index in [9.17, 15) is 9.18 Å². The number of rotatable bonds is 2. The molecule has 0 aliphatic heterocycles. The standard InChI is InChI=1S/C16H11FN2O/c17-11-7-5-10(6-8-11)13-9-15(16(18)20)19-14-4-2-1-3-12(13)14/h1-9H,(H2,18,20). The maximum absolute atomic E-state index is 13.0. The molecule has 2 N–H and O–H groups in total. The minimum absolute atomic E-state index is 0.197. The van der Waals surface area contributed by atoms with Crippen LogP contribution in [0.25, 0.3) is 22.0 Å². The quantitative estimate of drug-likeness (QED) is 0.774. The molecule has 0 saturated carbocycles. The Morgan fingerprint density at radius 2 is 1.75 bits per heavy atom. The summed E-state index contributed by atoms with van der Waals surface area (Å²) >= 11 is 0. The van der Waals surface area contributed by atoms with Gasteiger partial charge in [-0.15, -0.1) is 0 Å². The fraction of sp³-hybridized carbons (Fsp3) is 0. The van der Waals surface area contributed by atoms with E-state index in [0.717, 1.165) is 16.5 Å². The molecule has 0 atom stereocenters. The molecule has 3 nitrogen and oxygen atoms in total. The van der Waals surface area contributed by atoms with Crippen LogP contribution >= 0.6 is 0 Å². The first kappa shape index (κ1) is 12.3. The monoisotopic (exact) mass is 266 g/mol. The molecule has 1 aromatic heterocycles. The summed E-state index contributed by atoms with van der Waals surface area (Å²) in [4.78, 5) is 15.6. The van der Waals surface area contributed by atoms with Gasteiger partial charge >= 0.3 is 0 Å². The Hall–Kier alpha value is -2.75. The van der Waals surface area contributed by atoms with E-state index in [1.165, 1.54) is 12.1 Å². The van der Waals surface area contributed by atoms with Crippen molar-refractivity contribution in [1.82, 2.24) is 4.98 Å². The van der Waals surface area contributed by atoms with Crippen LogP contribution in [0.3, 0.4) is 0 Å². The van der Waals surface area contributed by atoms with E-state index < -0.39 is 5.91 Å². The van der Waals surface area contributed by atoms with Crippen molar-refractivity contribution in [3.05, 3.63) is 66.1 Å². The summed E-state index contributed by atoms with van der Waals surface area (Å²) in [5.74, 6) is -0.888. The number of pyridine rings is 1. The minimum Gasteiger partial charge on any atom is -0.364 e. The zero-order valence-electron chi connectivity index (χ0n) is 10.5. The maximum Gasteiger partial charge on any atom is 0.267 e. The fourth-order valence-electron chi connectivity index (χ4n) is 2.17. The van der Waals surface area contributed by atoms with Crippen LogP contribution in [0.15, 0.2) is 54.6 Å². The number of nitrogens with zero attached hydrogens (tertiary/aromatic N) is 1. The zero-order chi connectivity index (χ0) is 14.1. The van der Waals surface area contributed by atoms with Gasteiger partial charge in [-0.1, -0.05) is 30.3 Å². The number of amides is 1. The third kappa shape index (κ3) is 2.12. The van der Waals surface area contributed by atoms with Gasteiger partial charge in [0.1, 0.15) is 11.5 Å². The molecule has 0 unspecified atom stereocenters. The Balaban J connectivity index is 2.32. The summed E-state index contributed by atoms with van der Waals surface area (Å²) in [5, 5.41) is 0.893. The topological polar surface area (TPSA) is 56.0 Å². The van der Waals surface area contributed by atoms with Crippen LogP contribution in [-0.2, 0) is 0 Å². The van der Waals surface area contributed by atoms with Crippen LogP contribution in [0.5, 0.6) is 0 Å². The SMILES string of the molecule is NC(=O)c1cc(-c2ccc(F)cc2)c2ccccc2n1. The number of hydrogen-bond acceptors (Lipinski definition) is 2. The van der Waals surface area contributed by atoms with Gasteiger partial charge in [-0.2, -0.15) is 0 Å². The van der Waals surface area contributed by atoms with Gasteiger partial charge in [-0.25, -0.2) is 9.37 Å². The lowest BCUT2D eigenvalue weighted by Crippen LogP contribution is -2.13. The molecule has 3 aromatic rings. The average Bonchev–Trinajstić information content (AvgIpc) is 2.47. The fourth-order valence-corrected chi connectivity index (χ4v) is 2.17. The number of benzene rings is 2. The van der Waals surface area contributed by atoms with Crippen molar-refractivity contribution in [2.75, 3.05) is 0 Å². The Bertz CT molecular complexity index is 797. The van der Waals surface area contributed by atoms with E-state index >= 15 is 0 Å². The Labute approximate surface area is 114 Å². The van der Waals surface area contributed by atoms with E-state index in [1.807, 2.05) is 24.3 Å². The van der Waals surface area contributed by atoms with Crippen molar-refractivity contribution in [3.8, 4) is 11.1 Å². The van der Waals surface area contributed by atoms with Crippen molar-refractivity contribution in [1.29, 1.82) is 0 Å². The Kier molecular flexibility index (Phi) is 2.91. The highest BCUT2D eigenvalue weighted by molar-refractivity contribution is 6.00. The lowest BCUT2D eigenvalue weighted by Gasteiger charge is -2.08. The molecule has 0 bridgehead atoms. The second-order valence-electron chi connectivity index (χ2n) is 4.44. The second-order valence-corrected chi connectivity index (χ2v) is 4.44. The van der Waals surface area contributed by atoms with Crippen LogP contribution in [0.2, 0.25) is 0 Å². The van der Waals surface area contributed by atoms with Gasteiger partial charge in [-0.3, -0.25) is 4.79 Å². The lowest BCUT2D eigenvalue weighted by molar-refractivity contribution is 0.0996. The summed E-state index contributed by atoms with van der Waals surface area (Å²) < 4.78 is 13.0. The molecule has 20 heavy (non-hydrogen) atoms. The summed E-state index contributed by atoms with van der Waals surface area (Å²) in [6.45, 7) is 0. The first-order chi connectivity index (χ1) is 9.65. The smallest absolute Gasteiger partial charge is 0.267 e. The molecule has 1 heterocycles. The number of para-hydroxylation sites is 1. The minimum atomic E-state index is -0.584. The van der Waals surface area contributed by atoms with Gasteiger partial charge in [0.2, 0.25) is 0 Å². The van der Waals surface area contributed by atoms with Crippen molar-refractivity contribution in [2.45, 2.75) is 0 Å². The van der Waals surface area contributed by atoms with Crippen LogP contribution in [-0.4, -0.2) is 10.9 Å². The van der Waals surface area contributed by atoms with Gasteiger partial charge in [0, 0.05) is 5.39 Å². The summed E-state index contributed by atoms with van der Waals surface area (Å²) in [6, 6.07) is 15.2. The van der Waals surface area contributed by atoms with E-state index in [1.54, 1.807) is 18.2 Å². The van der Waals surface area contributed by atoms with Crippen LogP contribution in [0, 0.1) is 5.82 Å². The average molecular weight is 266 g/mol. The number of aromatic nitrogens is 1. The largest absolute Gasteiger partial charge is 0.364 e. The molecule has 0 aliphatic carbocycles. The number of fused-ring (bicyclic) bond motifs is 1. The highest BCUT2D eigenvalue weighted by atomic mass is 19.1. The second kappa shape index (κ2) is 4.74. The predicted molar refractivity (Wildman–Crippen MR) is 75.7 cm³/mol. The molecule has 0 radical (unpaired) electrons. The van der Waals surface area contributed by atoms with Crippen LogP contribution < -0.4 is 5.73 Å². The number of nitrogens with two attached hydrogens (primary N) is 1. The molecule has 4 heteroatoms. The molecule has 98 valence electrons. The van der Waals surface area contributed by atoms with Gasteiger partial charge in [0.05, 0.1) is 5.52 Å². The van der Waals surface area contributed by atoms with Gasteiger partial charge < -0.3 is 5.73 Å². The van der Waals surface area contributed by atoms with E-state index in [2.05, 4.69) is 4.98 Å². The first-order valence-corrected chi connectivity index (χ1v) is 6.11. The molecule has 0 fully saturated rings. The van der Waals surface area contributed by atoms with Gasteiger partial charge in [-0.05, 0) is 35.4 Å². The van der Waals surface area contributed by atoms with E-state index in [-0.39, 0.29) is 11.5 Å². The molecular weight excluding hydrogens is 255 g/mol. The van der Waals surface area contributed by atoms with Crippen molar-refractivity contribution >= 4 is 16.8 Å². The molecular formula is C16H11FN2O. The van der Waals surface area contributed by atoms with Crippen molar-refractivity contribution in [3.63, 3.8) is 0 Å². The molecule has 0 saturated heterocycles. The lowest BCUT2D eigenvalue weighted by atomic mass is 10.00. The zero-order valence-corrected chi connectivity index (χ0v) is 10.5. The Morgan fingerprint density at radius 3 is 2.45 bits per heavy atom.